The number of hydrogen-bond donors (Lipinski definition) is 1. The zero-order valence-electron chi connectivity index (χ0n) is 14.8. The minimum absolute atomic E-state index is 0. The van der Waals surface area contributed by atoms with Crippen molar-refractivity contribution in [1.29, 1.82) is 0 Å². The number of nitrogens with zero attached hydrogens (tertiary/aromatic N) is 1. The van der Waals surface area contributed by atoms with Gasteiger partial charge in [0.1, 0.15) is 0 Å². The predicted molar refractivity (Wildman–Crippen MR) is 98.4 cm³/mol. The second kappa shape index (κ2) is 9.74. The average molecular weight is 357 g/mol. The van der Waals surface area contributed by atoms with Crippen molar-refractivity contribution in [1.82, 2.24) is 4.90 Å². The van der Waals surface area contributed by atoms with E-state index >= 15 is 0 Å². The zero-order chi connectivity index (χ0) is 16.8. The van der Waals surface area contributed by atoms with Crippen LogP contribution in [0.3, 0.4) is 0 Å². The van der Waals surface area contributed by atoms with E-state index in [0.29, 0.717) is 30.3 Å². The molecule has 1 saturated heterocycles. The van der Waals surface area contributed by atoms with Crippen molar-refractivity contribution >= 4 is 18.3 Å². The van der Waals surface area contributed by atoms with Crippen LogP contribution in [0.5, 0.6) is 11.5 Å². The molecule has 2 N–H and O–H groups in total. The van der Waals surface area contributed by atoms with Crippen LogP contribution in [0.4, 0.5) is 0 Å². The van der Waals surface area contributed by atoms with Crippen LogP contribution in [0.1, 0.15) is 50.4 Å². The van der Waals surface area contributed by atoms with Gasteiger partial charge in [-0.3, -0.25) is 4.79 Å². The minimum atomic E-state index is -0.0201. The van der Waals surface area contributed by atoms with Crippen molar-refractivity contribution in [3.63, 3.8) is 0 Å². The number of benzene rings is 1. The Kier molecular flexibility index (Phi) is 8.36. The molecule has 0 aliphatic carbocycles. The summed E-state index contributed by atoms with van der Waals surface area (Å²) in [4.78, 5) is 14.8. The van der Waals surface area contributed by atoms with Gasteiger partial charge in [0.05, 0.1) is 13.2 Å². The number of amides is 1. The highest BCUT2D eigenvalue weighted by Gasteiger charge is 2.30. The van der Waals surface area contributed by atoms with Crippen molar-refractivity contribution in [2.75, 3.05) is 19.8 Å². The lowest BCUT2D eigenvalue weighted by Crippen LogP contribution is -2.51. The number of nitrogens with two attached hydrogens (primary N) is 1. The molecule has 2 atom stereocenters. The maximum Gasteiger partial charge on any atom is 0.254 e. The van der Waals surface area contributed by atoms with Gasteiger partial charge in [0.2, 0.25) is 0 Å². The van der Waals surface area contributed by atoms with Crippen molar-refractivity contribution in [2.24, 2.45) is 5.73 Å². The van der Waals surface area contributed by atoms with Crippen LogP contribution in [-0.4, -0.2) is 42.6 Å². The lowest BCUT2D eigenvalue weighted by Gasteiger charge is -2.38. The zero-order valence-corrected chi connectivity index (χ0v) is 15.6. The predicted octanol–water partition coefficient (Wildman–Crippen LogP) is 3.25. The van der Waals surface area contributed by atoms with Crippen molar-refractivity contribution < 1.29 is 14.3 Å². The molecule has 0 bridgehead atoms. The topological polar surface area (TPSA) is 64.8 Å². The quantitative estimate of drug-likeness (QED) is 0.849. The molecule has 1 aliphatic rings. The van der Waals surface area contributed by atoms with Crippen molar-refractivity contribution in [3.05, 3.63) is 23.8 Å². The first kappa shape index (κ1) is 20.6. The highest BCUT2D eigenvalue weighted by molar-refractivity contribution is 5.95. The van der Waals surface area contributed by atoms with Crippen LogP contribution < -0.4 is 15.2 Å². The van der Waals surface area contributed by atoms with Gasteiger partial charge >= 0.3 is 0 Å². The summed E-state index contributed by atoms with van der Waals surface area (Å²) in [5, 5.41) is 0. The maximum atomic E-state index is 12.9. The third kappa shape index (κ3) is 4.77. The number of likely N-dealkylation sites (tertiary alicyclic amines) is 1. The summed E-state index contributed by atoms with van der Waals surface area (Å²) in [7, 11) is 0. The van der Waals surface area contributed by atoms with Crippen molar-refractivity contribution in [3.8, 4) is 11.5 Å². The van der Waals surface area contributed by atoms with Crippen LogP contribution in [0.25, 0.3) is 0 Å². The first-order chi connectivity index (χ1) is 11.1. The van der Waals surface area contributed by atoms with Gasteiger partial charge in [0, 0.05) is 24.2 Å². The van der Waals surface area contributed by atoms with Crippen LogP contribution in [0, 0.1) is 0 Å². The fraction of sp³-hybridized carbons (Fsp3) is 0.611. The molecule has 5 nitrogen and oxygen atoms in total. The molecular formula is C18H29ClN2O3. The number of hydrogen-bond acceptors (Lipinski definition) is 4. The number of piperidine rings is 1. The molecular weight excluding hydrogens is 328 g/mol. The molecule has 24 heavy (non-hydrogen) atoms. The highest BCUT2D eigenvalue weighted by atomic mass is 35.5. The van der Waals surface area contributed by atoms with E-state index in [1.54, 1.807) is 6.07 Å². The Morgan fingerprint density at radius 1 is 1.25 bits per heavy atom. The van der Waals surface area contributed by atoms with Crippen LogP contribution in [0.2, 0.25) is 0 Å². The number of rotatable bonds is 6. The summed E-state index contributed by atoms with van der Waals surface area (Å²) in [5.41, 5.74) is 6.71. The highest BCUT2D eigenvalue weighted by Crippen LogP contribution is 2.30. The second-order valence-electron chi connectivity index (χ2n) is 5.95. The molecule has 0 radical (unpaired) electrons. The van der Waals surface area contributed by atoms with Gasteiger partial charge in [-0.25, -0.2) is 0 Å². The molecule has 2 rings (SSSR count). The number of halogens is 1. The van der Waals surface area contributed by atoms with E-state index in [9.17, 15) is 4.79 Å². The lowest BCUT2D eigenvalue weighted by molar-refractivity contribution is 0.0583. The molecule has 1 aromatic carbocycles. The van der Waals surface area contributed by atoms with Gasteiger partial charge in [-0.2, -0.15) is 0 Å². The molecule has 0 aromatic heterocycles. The van der Waals surface area contributed by atoms with Crippen LogP contribution in [-0.2, 0) is 0 Å². The van der Waals surface area contributed by atoms with E-state index in [1.165, 1.54) is 0 Å². The first-order valence-corrected chi connectivity index (χ1v) is 8.54. The Hall–Kier alpha value is -1.46. The second-order valence-corrected chi connectivity index (χ2v) is 5.95. The summed E-state index contributed by atoms with van der Waals surface area (Å²) in [6.07, 6.45) is 3.13. The molecule has 1 amide bonds. The van der Waals surface area contributed by atoms with Gasteiger partial charge in [-0.05, 0) is 58.2 Å². The molecule has 6 heteroatoms. The largest absolute Gasteiger partial charge is 0.490 e. The third-order valence-electron chi connectivity index (χ3n) is 4.21. The van der Waals surface area contributed by atoms with Gasteiger partial charge in [0.15, 0.2) is 11.5 Å². The van der Waals surface area contributed by atoms with E-state index in [2.05, 4.69) is 0 Å². The average Bonchev–Trinajstić information content (AvgIpc) is 2.56. The monoisotopic (exact) mass is 356 g/mol. The van der Waals surface area contributed by atoms with Crippen LogP contribution >= 0.6 is 12.4 Å². The fourth-order valence-electron chi connectivity index (χ4n) is 3.11. The van der Waals surface area contributed by atoms with Gasteiger partial charge in [-0.15, -0.1) is 12.4 Å². The minimum Gasteiger partial charge on any atom is -0.490 e. The van der Waals surface area contributed by atoms with Crippen LogP contribution in [0.15, 0.2) is 18.2 Å². The van der Waals surface area contributed by atoms with Gasteiger partial charge in [0.25, 0.3) is 5.91 Å². The number of ether oxygens (including phenoxy) is 2. The number of carbonyl (C=O) groups excluding carboxylic acids is 1. The van der Waals surface area contributed by atoms with Crippen molar-refractivity contribution in [2.45, 2.75) is 52.1 Å². The smallest absolute Gasteiger partial charge is 0.254 e. The Labute approximate surface area is 150 Å². The van der Waals surface area contributed by atoms with E-state index in [1.807, 2.05) is 37.8 Å². The van der Waals surface area contributed by atoms with Gasteiger partial charge < -0.3 is 20.1 Å². The molecule has 1 aromatic rings. The lowest BCUT2D eigenvalue weighted by atomic mass is 9.96. The molecule has 136 valence electrons. The Morgan fingerprint density at radius 2 is 1.92 bits per heavy atom. The standard InChI is InChI=1S/C18H28N2O3.ClH/c1-4-22-16-10-9-14(12-17(16)23-5-2)18(21)20-11-7-6-8-15(20)13(3)19;/h9-10,12-13,15H,4-8,11,19H2,1-3H3;1H. The molecule has 1 fully saturated rings. The normalized spacial score (nSPS) is 18.5. The third-order valence-corrected chi connectivity index (χ3v) is 4.21. The molecule has 0 saturated carbocycles. The van der Waals surface area contributed by atoms with E-state index < -0.39 is 0 Å². The summed E-state index contributed by atoms with van der Waals surface area (Å²) in [6.45, 7) is 7.68. The summed E-state index contributed by atoms with van der Waals surface area (Å²) < 4.78 is 11.2. The Morgan fingerprint density at radius 3 is 2.54 bits per heavy atom. The Bertz CT molecular complexity index is 537. The summed E-state index contributed by atoms with van der Waals surface area (Å²) in [5.74, 6) is 1.32. The number of carbonyl (C=O) groups is 1. The molecule has 2 unspecified atom stereocenters. The molecule has 0 spiro atoms. The summed E-state index contributed by atoms with van der Waals surface area (Å²) >= 11 is 0. The van der Waals surface area contributed by atoms with E-state index in [-0.39, 0.29) is 30.4 Å². The summed E-state index contributed by atoms with van der Waals surface area (Å²) in [6, 6.07) is 5.49. The molecule has 1 heterocycles. The van der Waals surface area contributed by atoms with E-state index in [4.69, 9.17) is 15.2 Å². The molecule has 1 aliphatic heterocycles. The Balaban J connectivity index is 0.00000288. The SMILES string of the molecule is CCOc1ccc(C(=O)N2CCCCC2C(C)N)cc1OCC.Cl. The maximum absolute atomic E-state index is 12.9. The first-order valence-electron chi connectivity index (χ1n) is 8.54. The van der Waals surface area contributed by atoms with Gasteiger partial charge in [-0.1, -0.05) is 0 Å². The fourth-order valence-corrected chi connectivity index (χ4v) is 3.11. The van der Waals surface area contributed by atoms with E-state index in [0.717, 1.165) is 25.8 Å².